The van der Waals surface area contributed by atoms with Gasteiger partial charge in [-0.2, -0.15) is 13.2 Å². The second kappa shape index (κ2) is 4.89. The predicted molar refractivity (Wildman–Crippen MR) is 54.9 cm³/mol. The van der Waals surface area contributed by atoms with Crippen LogP contribution in [0.15, 0.2) is 0 Å². The molecule has 3 nitrogen and oxygen atoms in total. The van der Waals surface area contributed by atoms with Crippen LogP contribution in [0.3, 0.4) is 0 Å². The molecule has 0 aromatic carbocycles. The maximum absolute atomic E-state index is 12.2. The molecule has 3 N–H and O–H groups in total. The third-order valence-electron chi connectivity index (χ3n) is 3.05. The largest absolute Gasteiger partial charge is 0.401 e. The van der Waals surface area contributed by atoms with E-state index in [2.05, 4.69) is 0 Å². The Morgan fingerprint density at radius 1 is 1.31 bits per heavy atom. The van der Waals surface area contributed by atoms with Crippen LogP contribution >= 0.6 is 0 Å². The smallest absolute Gasteiger partial charge is 0.394 e. The van der Waals surface area contributed by atoms with Gasteiger partial charge in [0.2, 0.25) is 0 Å². The predicted octanol–water partition coefficient (Wildman–Crippen LogP) is 0.970. The average molecular weight is 240 g/mol. The molecule has 1 fully saturated rings. The minimum absolute atomic E-state index is 0.101. The fourth-order valence-corrected chi connectivity index (χ4v) is 1.92. The number of hydrogen-bond acceptors (Lipinski definition) is 3. The van der Waals surface area contributed by atoms with Gasteiger partial charge in [-0.3, -0.25) is 4.90 Å². The van der Waals surface area contributed by atoms with Crippen molar-refractivity contribution in [3.63, 3.8) is 0 Å². The summed E-state index contributed by atoms with van der Waals surface area (Å²) in [7, 11) is 0. The van der Waals surface area contributed by atoms with Gasteiger partial charge < -0.3 is 10.8 Å². The minimum atomic E-state index is -4.21. The second-order valence-electron chi connectivity index (χ2n) is 4.58. The molecule has 16 heavy (non-hydrogen) atoms. The summed E-state index contributed by atoms with van der Waals surface area (Å²) in [5.74, 6) is 0.166. The first-order valence-corrected chi connectivity index (χ1v) is 5.49. The van der Waals surface area contributed by atoms with Crippen LogP contribution < -0.4 is 5.73 Å². The number of halogens is 3. The second-order valence-corrected chi connectivity index (χ2v) is 4.58. The van der Waals surface area contributed by atoms with Gasteiger partial charge in [-0.15, -0.1) is 0 Å². The monoisotopic (exact) mass is 240 g/mol. The fourth-order valence-electron chi connectivity index (χ4n) is 1.92. The van der Waals surface area contributed by atoms with E-state index in [1.54, 1.807) is 6.92 Å². The van der Waals surface area contributed by atoms with Gasteiger partial charge in [-0.1, -0.05) is 6.92 Å². The zero-order chi connectivity index (χ0) is 12.4. The molecule has 0 aromatic heterocycles. The third-order valence-corrected chi connectivity index (χ3v) is 3.05. The summed E-state index contributed by atoms with van der Waals surface area (Å²) in [4.78, 5) is 1.24. The quantitative estimate of drug-likeness (QED) is 0.727. The molecule has 0 bridgehead atoms. The molecule has 96 valence electrons. The van der Waals surface area contributed by atoms with Crippen LogP contribution in [0.5, 0.6) is 0 Å². The van der Waals surface area contributed by atoms with Gasteiger partial charge in [0.05, 0.1) is 18.7 Å². The molecular weight excluding hydrogens is 221 g/mol. The molecule has 1 aliphatic rings. The van der Waals surface area contributed by atoms with Crippen LogP contribution in [-0.4, -0.2) is 48.0 Å². The lowest BCUT2D eigenvalue weighted by molar-refractivity contribution is -0.147. The Hall–Kier alpha value is -0.330. The molecular formula is C10H19F3N2O. The van der Waals surface area contributed by atoms with Gasteiger partial charge >= 0.3 is 6.18 Å². The van der Waals surface area contributed by atoms with Gasteiger partial charge in [0.1, 0.15) is 0 Å². The molecule has 1 aliphatic carbocycles. The van der Waals surface area contributed by atoms with Gasteiger partial charge in [0.25, 0.3) is 0 Å². The maximum Gasteiger partial charge on any atom is 0.401 e. The van der Waals surface area contributed by atoms with E-state index in [1.165, 1.54) is 4.90 Å². The van der Waals surface area contributed by atoms with E-state index in [1.807, 2.05) is 0 Å². The first-order valence-electron chi connectivity index (χ1n) is 5.49. The van der Waals surface area contributed by atoms with Crippen LogP contribution in [0.25, 0.3) is 0 Å². The van der Waals surface area contributed by atoms with E-state index in [9.17, 15) is 18.3 Å². The molecule has 0 heterocycles. The first kappa shape index (κ1) is 13.7. The summed E-state index contributed by atoms with van der Waals surface area (Å²) in [5, 5.41) is 9.21. The Morgan fingerprint density at radius 3 is 2.19 bits per heavy atom. The summed E-state index contributed by atoms with van der Waals surface area (Å²) in [6.45, 7) is 0.826. The highest BCUT2D eigenvalue weighted by Crippen LogP contribution is 2.38. The van der Waals surface area contributed by atoms with Crippen LogP contribution in [0.1, 0.15) is 19.8 Å². The van der Waals surface area contributed by atoms with Crippen LogP contribution in [0.4, 0.5) is 13.2 Å². The zero-order valence-corrected chi connectivity index (χ0v) is 9.43. The van der Waals surface area contributed by atoms with Gasteiger partial charge in [0.15, 0.2) is 0 Å². The van der Waals surface area contributed by atoms with E-state index in [0.717, 1.165) is 12.8 Å². The topological polar surface area (TPSA) is 49.5 Å². The molecule has 0 aromatic rings. The molecule has 1 atom stereocenters. The Morgan fingerprint density at radius 2 is 1.88 bits per heavy atom. The molecule has 0 radical (unpaired) electrons. The highest BCUT2D eigenvalue weighted by Gasteiger charge is 2.43. The lowest BCUT2D eigenvalue weighted by Gasteiger charge is -2.34. The lowest BCUT2D eigenvalue weighted by Crippen LogP contribution is -2.56. The van der Waals surface area contributed by atoms with Gasteiger partial charge in [-0.25, -0.2) is 0 Å². The van der Waals surface area contributed by atoms with Crippen molar-refractivity contribution >= 4 is 0 Å². The third kappa shape index (κ3) is 3.92. The van der Waals surface area contributed by atoms with Crippen molar-refractivity contribution in [2.45, 2.75) is 31.5 Å². The molecule has 1 saturated carbocycles. The molecule has 0 aliphatic heterocycles. The summed E-state index contributed by atoms with van der Waals surface area (Å²) >= 11 is 0. The molecule has 1 unspecified atom stereocenters. The molecule has 0 amide bonds. The lowest BCUT2D eigenvalue weighted by atomic mass is 9.95. The van der Waals surface area contributed by atoms with Crippen molar-refractivity contribution in [1.29, 1.82) is 0 Å². The van der Waals surface area contributed by atoms with E-state index in [0.29, 0.717) is 0 Å². The molecule has 1 rings (SSSR count). The van der Waals surface area contributed by atoms with Crippen molar-refractivity contribution in [3.05, 3.63) is 0 Å². The normalized spacial score (nSPS) is 21.2. The Labute approximate surface area is 93.4 Å². The van der Waals surface area contributed by atoms with Crippen LogP contribution in [0.2, 0.25) is 0 Å². The van der Waals surface area contributed by atoms with Gasteiger partial charge in [0, 0.05) is 6.54 Å². The number of nitrogens with zero attached hydrogens (tertiary/aromatic N) is 1. The van der Waals surface area contributed by atoms with Crippen LogP contribution in [0, 0.1) is 5.92 Å². The van der Waals surface area contributed by atoms with Crippen molar-refractivity contribution in [3.8, 4) is 0 Å². The van der Waals surface area contributed by atoms with Crippen molar-refractivity contribution in [1.82, 2.24) is 4.90 Å². The average Bonchev–Trinajstić information content (AvgIpc) is 2.97. The van der Waals surface area contributed by atoms with E-state index >= 15 is 0 Å². The van der Waals surface area contributed by atoms with Crippen molar-refractivity contribution in [2.75, 3.05) is 26.2 Å². The Kier molecular flexibility index (Phi) is 4.20. The van der Waals surface area contributed by atoms with Crippen molar-refractivity contribution < 1.29 is 18.3 Å². The van der Waals surface area contributed by atoms with Crippen LogP contribution in [-0.2, 0) is 0 Å². The Bertz CT molecular complexity index is 231. The standard InChI is InChI=1S/C10H19F3N2O/c1-2-15(6-10(11,12)13)5-9(14,7-16)8-3-4-8/h8,16H,2-7,14H2,1H3. The highest BCUT2D eigenvalue weighted by atomic mass is 19.4. The number of rotatable bonds is 6. The number of aliphatic hydroxyl groups is 1. The molecule has 0 saturated heterocycles. The number of nitrogens with two attached hydrogens (primary N) is 1. The Balaban J connectivity index is 2.54. The molecule has 0 spiro atoms. The first-order chi connectivity index (χ1) is 7.30. The number of likely N-dealkylation sites (N-methyl/N-ethyl adjacent to an activating group) is 1. The summed E-state index contributed by atoms with van der Waals surface area (Å²) in [5.41, 5.74) is 5.07. The highest BCUT2D eigenvalue weighted by molar-refractivity contribution is 5.00. The zero-order valence-electron chi connectivity index (χ0n) is 9.43. The summed E-state index contributed by atoms with van der Waals surface area (Å²) in [6, 6.07) is 0. The van der Waals surface area contributed by atoms with E-state index in [-0.39, 0.29) is 25.6 Å². The van der Waals surface area contributed by atoms with E-state index < -0.39 is 18.3 Å². The van der Waals surface area contributed by atoms with Gasteiger partial charge in [-0.05, 0) is 25.3 Å². The van der Waals surface area contributed by atoms with E-state index in [4.69, 9.17) is 5.73 Å². The minimum Gasteiger partial charge on any atom is -0.394 e. The maximum atomic E-state index is 12.2. The molecule has 6 heteroatoms. The van der Waals surface area contributed by atoms with Crippen molar-refractivity contribution in [2.24, 2.45) is 11.7 Å². The summed E-state index contributed by atoms with van der Waals surface area (Å²) in [6.07, 6.45) is -2.41. The number of alkyl halides is 3. The SMILES string of the molecule is CCN(CC(F)(F)F)CC(N)(CO)C1CC1. The number of hydrogen-bond donors (Lipinski definition) is 2. The number of aliphatic hydroxyl groups excluding tert-OH is 1. The fraction of sp³-hybridized carbons (Fsp3) is 1.00. The summed E-state index contributed by atoms with van der Waals surface area (Å²) < 4.78 is 36.7.